The van der Waals surface area contributed by atoms with Gasteiger partial charge < -0.3 is 4.90 Å². The molecule has 15 heavy (non-hydrogen) atoms. The number of aryl methyl sites for hydroxylation is 1. The van der Waals surface area contributed by atoms with Crippen LogP contribution in [0.25, 0.3) is 0 Å². The number of nitrogens with zero attached hydrogens (tertiary/aromatic N) is 2. The van der Waals surface area contributed by atoms with Gasteiger partial charge in [-0.05, 0) is 37.8 Å². The maximum absolute atomic E-state index is 12.1. The first-order valence-corrected chi connectivity index (χ1v) is 5.50. The van der Waals surface area contributed by atoms with E-state index in [9.17, 15) is 4.79 Å². The van der Waals surface area contributed by atoms with Crippen LogP contribution in [0.2, 0.25) is 0 Å². The van der Waals surface area contributed by atoms with E-state index in [1.807, 2.05) is 24.0 Å². The van der Waals surface area contributed by atoms with Crippen molar-refractivity contribution < 1.29 is 4.79 Å². The van der Waals surface area contributed by atoms with Crippen LogP contribution >= 0.6 is 0 Å². The summed E-state index contributed by atoms with van der Waals surface area (Å²) in [5, 5.41) is 0. The molecule has 2 rings (SSSR count). The lowest BCUT2D eigenvalue weighted by atomic mass is 10.1. The van der Waals surface area contributed by atoms with Gasteiger partial charge in [-0.1, -0.05) is 6.07 Å². The Kier molecular flexibility index (Phi) is 2.99. The molecule has 1 aromatic rings. The van der Waals surface area contributed by atoms with E-state index < -0.39 is 0 Å². The number of hydrogen-bond donors (Lipinski definition) is 0. The molecule has 1 aliphatic rings. The molecule has 0 spiro atoms. The number of pyridine rings is 1. The standard InChI is InChI=1S/C12H16N2O/c1-10-6-5-7-13-11(10)12(15)14-8-3-2-4-9-14/h5-7H,2-4,8-9H2,1H3. The maximum Gasteiger partial charge on any atom is 0.272 e. The second-order valence-corrected chi connectivity index (χ2v) is 4.02. The van der Waals surface area contributed by atoms with Crippen molar-refractivity contribution in [3.8, 4) is 0 Å². The highest BCUT2D eigenvalue weighted by molar-refractivity contribution is 5.93. The Bertz CT molecular complexity index is 356. The van der Waals surface area contributed by atoms with E-state index >= 15 is 0 Å². The lowest BCUT2D eigenvalue weighted by molar-refractivity contribution is 0.0717. The molecule has 0 N–H and O–H groups in total. The van der Waals surface area contributed by atoms with Crippen molar-refractivity contribution in [2.75, 3.05) is 13.1 Å². The summed E-state index contributed by atoms with van der Waals surface area (Å²) in [5.41, 5.74) is 1.58. The molecule has 1 saturated heterocycles. The van der Waals surface area contributed by atoms with Gasteiger partial charge in [0.25, 0.3) is 5.91 Å². The number of hydrogen-bond acceptors (Lipinski definition) is 2. The van der Waals surface area contributed by atoms with E-state index in [2.05, 4.69) is 4.98 Å². The monoisotopic (exact) mass is 204 g/mol. The summed E-state index contributed by atoms with van der Waals surface area (Å²) in [7, 11) is 0. The zero-order valence-electron chi connectivity index (χ0n) is 9.07. The minimum Gasteiger partial charge on any atom is -0.337 e. The minimum atomic E-state index is 0.0906. The van der Waals surface area contributed by atoms with Crippen LogP contribution in [-0.4, -0.2) is 28.9 Å². The van der Waals surface area contributed by atoms with Gasteiger partial charge in [-0.2, -0.15) is 0 Å². The quantitative estimate of drug-likeness (QED) is 0.701. The molecule has 1 amide bonds. The second kappa shape index (κ2) is 4.43. The van der Waals surface area contributed by atoms with E-state index in [1.54, 1.807) is 6.20 Å². The van der Waals surface area contributed by atoms with Crippen LogP contribution in [0.1, 0.15) is 35.3 Å². The van der Waals surface area contributed by atoms with Crippen molar-refractivity contribution in [2.45, 2.75) is 26.2 Å². The summed E-state index contributed by atoms with van der Waals surface area (Å²) in [4.78, 5) is 18.2. The van der Waals surface area contributed by atoms with Crippen LogP contribution in [0.3, 0.4) is 0 Å². The normalized spacial score (nSPS) is 16.5. The van der Waals surface area contributed by atoms with E-state index in [0.717, 1.165) is 31.5 Å². The van der Waals surface area contributed by atoms with Gasteiger partial charge in [0.2, 0.25) is 0 Å². The van der Waals surface area contributed by atoms with Crippen molar-refractivity contribution in [1.82, 2.24) is 9.88 Å². The molecule has 2 heterocycles. The zero-order chi connectivity index (χ0) is 10.7. The highest BCUT2D eigenvalue weighted by Gasteiger charge is 2.20. The van der Waals surface area contributed by atoms with Crippen LogP contribution in [0.4, 0.5) is 0 Å². The third-order valence-electron chi connectivity index (χ3n) is 2.86. The molecule has 1 fully saturated rings. The molecule has 1 aromatic heterocycles. The van der Waals surface area contributed by atoms with E-state index in [-0.39, 0.29) is 5.91 Å². The van der Waals surface area contributed by atoms with Crippen molar-refractivity contribution >= 4 is 5.91 Å². The highest BCUT2D eigenvalue weighted by atomic mass is 16.2. The Balaban J connectivity index is 2.16. The smallest absolute Gasteiger partial charge is 0.272 e. The Morgan fingerprint density at radius 1 is 1.33 bits per heavy atom. The fraction of sp³-hybridized carbons (Fsp3) is 0.500. The first-order valence-electron chi connectivity index (χ1n) is 5.50. The molecule has 0 aliphatic carbocycles. The largest absolute Gasteiger partial charge is 0.337 e. The Labute approximate surface area is 90.1 Å². The van der Waals surface area contributed by atoms with Crippen molar-refractivity contribution in [1.29, 1.82) is 0 Å². The average Bonchev–Trinajstić information content (AvgIpc) is 2.30. The molecule has 1 aliphatic heterocycles. The SMILES string of the molecule is Cc1cccnc1C(=O)N1CCCCC1. The van der Waals surface area contributed by atoms with Crippen LogP contribution < -0.4 is 0 Å². The van der Waals surface area contributed by atoms with Crippen molar-refractivity contribution in [2.24, 2.45) is 0 Å². The molecule has 0 radical (unpaired) electrons. The van der Waals surface area contributed by atoms with E-state index in [1.165, 1.54) is 6.42 Å². The Hall–Kier alpha value is -1.38. The number of aromatic nitrogens is 1. The first kappa shape index (κ1) is 10.1. The van der Waals surface area contributed by atoms with Crippen LogP contribution in [-0.2, 0) is 0 Å². The third-order valence-corrected chi connectivity index (χ3v) is 2.86. The molecule has 3 nitrogen and oxygen atoms in total. The second-order valence-electron chi connectivity index (χ2n) is 4.02. The average molecular weight is 204 g/mol. The summed E-state index contributed by atoms with van der Waals surface area (Å²) in [6.45, 7) is 3.70. The molecule has 0 saturated carbocycles. The number of carbonyl (C=O) groups is 1. The van der Waals surface area contributed by atoms with Gasteiger partial charge in [0.05, 0.1) is 0 Å². The first-order chi connectivity index (χ1) is 7.29. The maximum atomic E-state index is 12.1. The number of piperidine rings is 1. The summed E-state index contributed by atoms with van der Waals surface area (Å²) >= 11 is 0. The molecule has 0 bridgehead atoms. The van der Waals surface area contributed by atoms with Crippen LogP contribution in [0, 0.1) is 6.92 Å². The number of carbonyl (C=O) groups excluding carboxylic acids is 1. The molecule has 0 unspecified atom stereocenters. The third kappa shape index (κ3) is 2.17. The molecule has 80 valence electrons. The Morgan fingerprint density at radius 2 is 2.07 bits per heavy atom. The fourth-order valence-corrected chi connectivity index (χ4v) is 1.96. The van der Waals surface area contributed by atoms with Gasteiger partial charge >= 0.3 is 0 Å². The number of amides is 1. The van der Waals surface area contributed by atoms with Crippen LogP contribution in [0.15, 0.2) is 18.3 Å². The highest BCUT2D eigenvalue weighted by Crippen LogP contribution is 2.13. The van der Waals surface area contributed by atoms with Crippen LogP contribution in [0.5, 0.6) is 0 Å². The van der Waals surface area contributed by atoms with Gasteiger partial charge in [0, 0.05) is 19.3 Å². The lowest BCUT2D eigenvalue weighted by Gasteiger charge is -2.26. The summed E-state index contributed by atoms with van der Waals surface area (Å²) in [6.07, 6.45) is 5.17. The fourth-order valence-electron chi connectivity index (χ4n) is 1.96. The van der Waals surface area contributed by atoms with Gasteiger partial charge in [0.15, 0.2) is 0 Å². The van der Waals surface area contributed by atoms with Gasteiger partial charge in [-0.3, -0.25) is 9.78 Å². The summed E-state index contributed by atoms with van der Waals surface area (Å²) in [6, 6.07) is 3.80. The van der Waals surface area contributed by atoms with Gasteiger partial charge in [-0.15, -0.1) is 0 Å². The zero-order valence-corrected chi connectivity index (χ0v) is 9.07. The number of likely N-dealkylation sites (tertiary alicyclic amines) is 1. The van der Waals surface area contributed by atoms with E-state index in [0.29, 0.717) is 5.69 Å². The van der Waals surface area contributed by atoms with Gasteiger partial charge in [-0.25, -0.2) is 0 Å². The molecule has 0 atom stereocenters. The van der Waals surface area contributed by atoms with Crippen molar-refractivity contribution in [3.05, 3.63) is 29.6 Å². The minimum absolute atomic E-state index is 0.0906. The predicted molar refractivity (Wildman–Crippen MR) is 58.7 cm³/mol. The number of rotatable bonds is 1. The predicted octanol–water partition coefficient (Wildman–Crippen LogP) is 2.02. The van der Waals surface area contributed by atoms with E-state index in [4.69, 9.17) is 0 Å². The molecular weight excluding hydrogens is 188 g/mol. The Morgan fingerprint density at radius 3 is 2.73 bits per heavy atom. The summed E-state index contributed by atoms with van der Waals surface area (Å²) in [5.74, 6) is 0.0906. The molecular formula is C12H16N2O. The molecule has 0 aromatic carbocycles. The van der Waals surface area contributed by atoms with Crippen molar-refractivity contribution in [3.63, 3.8) is 0 Å². The summed E-state index contributed by atoms with van der Waals surface area (Å²) < 4.78 is 0. The topological polar surface area (TPSA) is 33.2 Å². The lowest BCUT2D eigenvalue weighted by Crippen LogP contribution is -2.36. The molecule has 3 heteroatoms. The van der Waals surface area contributed by atoms with Gasteiger partial charge in [0.1, 0.15) is 5.69 Å².